The monoisotopic (exact) mass is 245 g/mol. The Morgan fingerprint density at radius 2 is 2.00 bits per heavy atom. The molecule has 0 spiro atoms. The van der Waals surface area contributed by atoms with E-state index in [1.807, 2.05) is 12.1 Å². The summed E-state index contributed by atoms with van der Waals surface area (Å²) in [5.41, 5.74) is 2.66. The predicted molar refractivity (Wildman–Crippen MR) is 69.3 cm³/mol. The van der Waals surface area contributed by atoms with E-state index >= 15 is 0 Å². The van der Waals surface area contributed by atoms with Gasteiger partial charge in [-0.05, 0) is 36.8 Å². The number of benzene rings is 1. The summed E-state index contributed by atoms with van der Waals surface area (Å²) >= 11 is 0. The SMILES string of the molecule is O=C(NCC1CCCO1)C1Cc2ccccc2C1. The molecule has 1 aliphatic heterocycles. The molecule has 1 N–H and O–H groups in total. The highest BCUT2D eigenvalue weighted by Gasteiger charge is 2.27. The molecule has 0 bridgehead atoms. The fourth-order valence-corrected chi connectivity index (χ4v) is 2.91. The van der Waals surface area contributed by atoms with Gasteiger partial charge in [-0.25, -0.2) is 0 Å². The molecule has 1 amide bonds. The zero-order chi connectivity index (χ0) is 12.4. The van der Waals surface area contributed by atoms with E-state index in [4.69, 9.17) is 4.74 Å². The molecule has 1 aromatic rings. The first-order valence-electron chi connectivity index (χ1n) is 6.79. The standard InChI is InChI=1S/C15H19NO2/c17-15(16-10-14-6-3-7-18-14)13-8-11-4-1-2-5-12(11)9-13/h1-2,4-5,13-14H,3,6-10H2,(H,16,17). The highest BCUT2D eigenvalue weighted by Crippen LogP contribution is 2.26. The van der Waals surface area contributed by atoms with Crippen LogP contribution in [0, 0.1) is 5.92 Å². The van der Waals surface area contributed by atoms with Crippen molar-refractivity contribution in [3.8, 4) is 0 Å². The van der Waals surface area contributed by atoms with Crippen LogP contribution in [0.4, 0.5) is 0 Å². The Labute approximate surface area is 108 Å². The minimum absolute atomic E-state index is 0.115. The molecular formula is C15H19NO2. The summed E-state index contributed by atoms with van der Waals surface area (Å²) in [7, 11) is 0. The molecule has 1 unspecified atom stereocenters. The number of amides is 1. The molecule has 96 valence electrons. The third kappa shape index (κ3) is 2.41. The zero-order valence-electron chi connectivity index (χ0n) is 10.5. The second kappa shape index (κ2) is 5.11. The van der Waals surface area contributed by atoms with Gasteiger partial charge in [0.25, 0.3) is 0 Å². The average Bonchev–Trinajstić information content (AvgIpc) is 3.04. The van der Waals surface area contributed by atoms with Crippen molar-refractivity contribution in [3.05, 3.63) is 35.4 Å². The molecule has 1 aliphatic carbocycles. The van der Waals surface area contributed by atoms with Crippen LogP contribution < -0.4 is 5.32 Å². The first-order chi connectivity index (χ1) is 8.83. The third-order valence-corrected chi connectivity index (χ3v) is 3.95. The Morgan fingerprint density at radius 3 is 2.61 bits per heavy atom. The maximum absolute atomic E-state index is 12.1. The molecule has 1 atom stereocenters. The van der Waals surface area contributed by atoms with Crippen LogP contribution in [-0.4, -0.2) is 25.2 Å². The highest BCUT2D eigenvalue weighted by atomic mass is 16.5. The lowest BCUT2D eigenvalue weighted by Gasteiger charge is -2.13. The summed E-state index contributed by atoms with van der Waals surface area (Å²) in [6.07, 6.45) is 4.19. The van der Waals surface area contributed by atoms with Gasteiger partial charge < -0.3 is 10.1 Å². The number of carbonyl (C=O) groups excluding carboxylic acids is 1. The first-order valence-corrected chi connectivity index (χ1v) is 6.79. The Kier molecular flexibility index (Phi) is 3.33. The molecule has 1 saturated heterocycles. The third-order valence-electron chi connectivity index (χ3n) is 3.95. The van der Waals surface area contributed by atoms with Crippen molar-refractivity contribution in [2.45, 2.75) is 31.8 Å². The van der Waals surface area contributed by atoms with Gasteiger partial charge in [-0.15, -0.1) is 0 Å². The molecule has 3 nitrogen and oxygen atoms in total. The Balaban J connectivity index is 1.52. The maximum atomic E-state index is 12.1. The van der Waals surface area contributed by atoms with Crippen LogP contribution in [0.25, 0.3) is 0 Å². The Hall–Kier alpha value is -1.35. The van der Waals surface area contributed by atoms with Crippen molar-refractivity contribution in [2.75, 3.05) is 13.2 Å². The summed E-state index contributed by atoms with van der Waals surface area (Å²) in [6.45, 7) is 1.51. The van der Waals surface area contributed by atoms with Crippen molar-refractivity contribution in [3.63, 3.8) is 0 Å². The predicted octanol–water partition coefficient (Wildman–Crippen LogP) is 1.70. The number of carbonyl (C=O) groups is 1. The molecule has 0 aromatic heterocycles. The summed E-state index contributed by atoms with van der Waals surface area (Å²) < 4.78 is 5.51. The van der Waals surface area contributed by atoms with Crippen LogP contribution in [0.1, 0.15) is 24.0 Å². The van der Waals surface area contributed by atoms with Crippen LogP contribution in [0.5, 0.6) is 0 Å². The van der Waals surface area contributed by atoms with E-state index in [1.165, 1.54) is 11.1 Å². The van der Waals surface area contributed by atoms with E-state index in [0.717, 1.165) is 32.3 Å². The molecule has 1 heterocycles. The van der Waals surface area contributed by atoms with Gasteiger partial charge >= 0.3 is 0 Å². The fraction of sp³-hybridized carbons (Fsp3) is 0.533. The molecule has 3 heteroatoms. The lowest BCUT2D eigenvalue weighted by atomic mass is 10.1. The van der Waals surface area contributed by atoms with E-state index in [1.54, 1.807) is 0 Å². The van der Waals surface area contributed by atoms with E-state index in [0.29, 0.717) is 6.54 Å². The number of fused-ring (bicyclic) bond motifs is 1. The Bertz CT molecular complexity index is 413. The number of nitrogens with one attached hydrogen (secondary N) is 1. The van der Waals surface area contributed by atoms with Crippen molar-refractivity contribution < 1.29 is 9.53 Å². The minimum atomic E-state index is 0.115. The van der Waals surface area contributed by atoms with Gasteiger partial charge in [-0.1, -0.05) is 24.3 Å². The van der Waals surface area contributed by atoms with Gasteiger partial charge in [0.2, 0.25) is 5.91 Å². The summed E-state index contributed by atoms with van der Waals surface area (Å²) in [5.74, 6) is 0.297. The van der Waals surface area contributed by atoms with Gasteiger partial charge in [0.1, 0.15) is 0 Å². The van der Waals surface area contributed by atoms with Gasteiger partial charge in [0, 0.05) is 19.1 Å². The van der Waals surface area contributed by atoms with Crippen LogP contribution in [0.3, 0.4) is 0 Å². The lowest BCUT2D eigenvalue weighted by Crippen LogP contribution is -2.36. The molecule has 2 aliphatic rings. The van der Waals surface area contributed by atoms with Crippen molar-refractivity contribution in [1.29, 1.82) is 0 Å². The molecule has 0 radical (unpaired) electrons. The minimum Gasteiger partial charge on any atom is -0.376 e. The second-order valence-electron chi connectivity index (χ2n) is 5.25. The van der Waals surface area contributed by atoms with Gasteiger partial charge in [-0.3, -0.25) is 4.79 Å². The smallest absolute Gasteiger partial charge is 0.223 e. The summed E-state index contributed by atoms with van der Waals surface area (Å²) in [4.78, 5) is 12.1. The van der Waals surface area contributed by atoms with E-state index in [9.17, 15) is 4.79 Å². The number of rotatable bonds is 3. The zero-order valence-corrected chi connectivity index (χ0v) is 10.5. The highest BCUT2D eigenvalue weighted by molar-refractivity contribution is 5.80. The van der Waals surface area contributed by atoms with E-state index < -0.39 is 0 Å². The lowest BCUT2D eigenvalue weighted by molar-refractivity contribution is -0.125. The van der Waals surface area contributed by atoms with Gasteiger partial charge in [0.15, 0.2) is 0 Å². The van der Waals surface area contributed by atoms with Crippen molar-refractivity contribution in [1.82, 2.24) is 5.32 Å². The van der Waals surface area contributed by atoms with E-state index in [-0.39, 0.29) is 17.9 Å². The summed E-state index contributed by atoms with van der Waals surface area (Å²) in [6, 6.07) is 8.35. The van der Waals surface area contributed by atoms with Gasteiger partial charge in [0.05, 0.1) is 6.10 Å². The molecule has 3 rings (SSSR count). The molecule has 0 saturated carbocycles. The Morgan fingerprint density at radius 1 is 1.28 bits per heavy atom. The molecule has 1 fully saturated rings. The molecule has 1 aromatic carbocycles. The van der Waals surface area contributed by atoms with E-state index in [2.05, 4.69) is 17.4 Å². The maximum Gasteiger partial charge on any atom is 0.223 e. The summed E-state index contributed by atoms with van der Waals surface area (Å²) in [5, 5.41) is 3.04. The second-order valence-corrected chi connectivity index (χ2v) is 5.25. The van der Waals surface area contributed by atoms with Crippen LogP contribution in [0.15, 0.2) is 24.3 Å². The molecule has 18 heavy (non-hydrogen) atoms. The fourth-order valence-electron chi connectivity index (χ4n) is 2.91. The van der Waals surface area contributed by atoms with Crippen LogP contribution in [-0.2, 0) is 22.4 Å². The number of hydrogen-bond acceptors (Lipinski definition) is 2. The quantitative estimate of drug-likeness (QED) is 0.880. The van der Waals surface area contributed by atoms with Crippen LogP contribution in [0.2, 0.25) is 0 Å². The van der Waals surface area contributed by atoms with Gasteiger partial charge in [-0.2, -0.15) is 0 Å². The van der Waals surface area contributed by atoms with Crippen molar-refractivity contribution in [2.24, 2.45) is 5.92 Å². The molecular weight excluding hydrogens is 226 g/mol. The average molecular weight is 245 g/mol. The number of hydrogen-bond donors (Lipinski definition) is 1. The van der Waals surface area contributed by atoms with Crippen LogP contribution >= 0.6 is 0 Å². The van der Waals surface area contributed by atoms with Crippen molar-refractivity contribution >= 4 is 5.91 Å². The largest absolute Gasteiger partial charge is 0.376 e. The topological polar surface area (TPSA) is 38.3 Å². The number of ether oxygens (including phenoxy) is 1. The first kappa shape index (κ1) is 11.7. The normalized spacial score (nSPS) is 23.0.